The molecule has 2 heterocycles. The van der Waals surface area contributed by atoms with Crippen LogP contribution in [0.4, 0.5) is 5.69 Å². The number of aryl methyl sites for hydroxylation is 2. The molecule has 0 radical (unpaired) electrons. The highest BCUT2D eigenvalue weighted by Gasteiger charge is 2.19. The third kappa shape index (κ3) is 4.65. The quantitative estimate of drug-likeness (QED) is 0.150. The molecule has 4 aromatic rings. The molecule has 0 aliphatic heterocycles. The highest BCUT2D eigenvalue weighted by Crippen LogP contribution is 2.31. The Morgan fingerprint density at radius 3 is 2.61 bits per heavy atom. The van der Waals surface area contributed by atoms with Crippen LogP contribution in [0.5, 0.6) is 0 Å². The Hall–Kier alpha value is -3.91. The lowest BCUT2D eigenvalue weighted by Gasteiger charge is -2.11. The van der Waals surface area contributed by atoms with Crippen molar-refractivity contribution < 1.29 is 19.2 Å². The van der Waals surface area contributed by atoms with E-state index in [0.29, 0.717) is 22.2 Å². The molecule has 0 aliphatic rings. The predicted molar refractivity (Wildman–Crippen MR) is 127 cm³/mol. The smallest absolute Gasteiger partial charge is 0.339 e. The van der Waals surface area contributed by atoms with E-state index in [1.54, 1.807) is 23.5 Å². The lowest BCUT2D eigenvalue weighted by molar-refractivity contribution is -0.384. The Labute approximate surface area is 193 Å². The van der Waals surface area contributed by atoms with Gasteiger partial charge in [0.1, 0.15) is 0 Å². The summed E-state index contributed by atoms with van der Waals surface area (Å²) in [5.41, 5.74) is 2.51. The van der Waals surface area contributed by atoms with Crippen molar-refractivity contribution >= 4 is 39.7 Å². The molecule has 7 nitrogen and oxygen atoms in total. The topological polar surface area (TPSA) is 99.4 Å². The van der Waals surface area contributed by atoms with Gasteiger partial charge in [-0.2, -0.15) is 0 Å². The number of rotatable bonds is 7. The molecule has 0 atom stereocenters. The molecular weight excluding hydrogens is 440 g/mol. The number of nitrogens with zero attached hydrogens (tertiary/aromatic N) is 2. The molecular formula is C25H20N2O5S. The SMILES string of the molecule is CCc1ccc(-c2cc(C(=O)OCC(=O)c3cccc([N+](=O)[O-])c3)c3cccc(C)c3n2)s1. The number of hydrogen-bond donors (Lipinski definition) is 0. The van der Waals surface area contributed by atoms with Crippen LogP contribution in [0.15, 0.2) is 60.7 Å². The van der Waals surface area contributed by atoms with Gasteiger partial charge >= 0.3 is 5.97 Å². The van der Waals surface area contributed by atoms with E-state index in [1.165, 1.54) is 29.1 Å². The van der Waals surface area contributed by atoms with E-state index < -0.39 is 23.3 Å². The highest BCUT2D eigenvalue weighted by atomic mass is 32.1. The zero-order valence-corrected chi connectivity index (χ0v) is 18.8. The van der Waals surface area contributed by atoms with Crippen LogP contribution in [0, 0.1) is 17.0 Å². The normalized spacial score (nSPS) is 10.8. The maximum Gasteiger partial charge on any atom is 0.339 e. The Bertz CT molecular complexity index is 1390. The Morgan fingerprint density at radius 2 is 1.88 bits per heavy atom. The lowest BCUT2D eigenvalue weighted by atomic mass is 10.0. The van der Waals surface area contributed by atoms with Gasteiger partial charge in [-0.05, 0) is 37.1 Å². The van der Waals surface area contributed by atoms with Crippen molar-refractivity contribution in [3.63, 3.8) is 0 Å². The minimum absolute atomic E-state index is 0.110. The number of Topliss-reactive ketones (excluding diaryl/α,β-unsaturated/α-hetero) is 1. The first-order valence-corrected chi connectivity index (χ1v) is 11.1. The first-order chi connectivity index (χ1) is 15.9. The monoisotopic (exact) mass is 460 g/mol. The fraction of sp³-hybridized carbons (Fsp3) is 0.160. The van der Waals surface area contributed by atoms with Gasteiger partial charge < -0.3 is 4.74 Å². The molecule has 33 heavy (non-hydrogen) atoms. The summed E-state index contributed by atoms with van der Waals surface area (Å²) < 4.78 is 5.33. The van der Waals surface area contributed by atoms with Gasteiger partial charge in [-0.3, -0.25) is 14.9 Å². The number of hydrogen-bond acceptors (Lipinski definition) is 7. The maximum absolute atomic E-state index is 13.0. The molecule has 0 saturated carbocycles. The predicted octanol–water partition coefficient (Wildman–Crippen LogP) is 5.78. The maximum atomic E-state index is 13.0. The number of nitro benzene ring substituents is 1. The van der Waals surface area contributed by atoms with Gasteiger partial charge in [0, 0.05) is 28.0 Å². The van der Waals surface area contributed by atoms with Crippen molar-refractivity contribution in [1.29, 1.82) is 0 Å². The zero-order valence-electron chi connectivity index (χ0n) is 18.0. The first-order valence-electron chi connectivity index (χ1n) is 10.3. The van der Waals surface area contributed by atoms with Crippen LogP contribution < -0.4 is 0 Å². The van der Waals surface area contributed by atoms with Crippen molar-refractivity contribution in [1.82, 2.24) is 4.98 Å². The molecule has 166 valence electrons. The summed E-state index contributed by atoms with van der Waals surface area (Å²) in [6, 6.07) is 16.6. The Morgan fingerprint density at radius 1 is 1.09 bits per heavy atom. The number of carbonyl (C=O) groups is 2. The standard InChI is InChI=1S/C25H20N2O5S/c1-3-18-10-11-23(33-18)21-13-20(19-9-4-6-15(2)24(19)26-21)25(29)32-14-22(28)16-7-5-8-17(12-16)27(30)31/h4-13H,3,14H2,1-2H3. The number of non-ortho nitro benzene ring substituents is 1. The average Bonchev–Trinajstić information content (AvgIpc) is 3.31. The Balaban J connectivity index is 1.64. The number of ether oxygens (including phenoxy) is 1. The number of thiophene rings is 1. The van der Waals surface area contributed by atoms with Gasteiger partial charge in [0.25, 0.3) is 5.69 Å². The van der Waals surface area contributed by atoms with Crippen LogP contribution in [0.3, 0.4) is 0 Å². The summed E-state index contributed by atoms with van der Waals surface area (Å²) in [5.74, 6) is -1.17. The summed E-state index contributed by atoms with van der Waals surface area (Å²) in [5, 5.41) is 11.6. The second-order valence-corrected chi connectivity index (χ2v) is 8.62. The summed E-state index contributed by atoms with van der Waals surface area (Å²) in [7, 11) is 0. The number of esters is 1. The Kier molecular flexibility index (Phi) is 6.28. The minimum Gasteiger partial charge on any atom is -0.454 e. The summed E-state index contributed by atoms with van der Waals surface area (Å²) >= 11 is 1.62. The van der Waals surface area contributed by atoms with E-state index >= 15 is 0 Å². The van der Waals surface area contributed by atoms with Crippen LogP contribution in [0.2, 0.25) is 0 Å². The molecule has 2 aromatic heterocycles. The number of carbonyl (C=O) groups excluding carboxylic acids is 2. The molecule has 2 aromatic carbocycles. The molecule has 0 bridgehead atoms. The van der Waals surface area contributed by atoms with Crippen LogP contribution >= 0.6 is 11.3 Å². The van der Waals surface area contributed by atoms with Gasteiger partial charge in [-0.15, -0.1) is 11.3 Å². The van der Waals surface area contributed by atoms with Crippen LogP contribution in [0.25, 0.3) is 21.5 Å². The molecule has 0 N–H and O–H groups in total. The molecule has 8 heteroatoms. The van der Waals surface area contributed by atoms with Gasteiger partial charge in [0.05, 0.1) is 26.6 Å². The van der Waals surface area contributed by atoms with Gasteiger partial charge in [-0.25, -0.2) is 9.78 Å². The fourth-order valence-corrected chi connectivity index (χ4v) is 4.39. The molecule has 0 amide bonds. The van der Waals surface area contributed by atoms with Crippen molar-refractivity contribution in [2.24, 2.45) is 0 Å². The van der Waals surface area contributed by atoms with E-state index in [2.05, 4.69) is 6.92 Å². The summed E-state index contributed by atoms with van der Waals surface area (Å²) in [6.07, 6.45) is 0.909. The van der Waals surface area contributed by atoms with Gasteiger partial charge in [0.15, 0.2) is 6.61 Å². The molecule has 0 unspecified atom stereocenters. The van der Waals surface area contributed by atoms with Crippen molar-refractivity contribution in [2.75, 3.05) is 6.61 Å². The third-order valence-corrected chi connectivity index (χ3v) is 6.49. The largest absolute Gasteiger partial charge is 0.454 e. The summed E-state index contributed by atoms with van der Waals surface area (Å²) in [4.78, 5) is 42.8. The number of aromatic nitrogens is 1. The number of fused-ring (bicyclic) bond motifs is 1. The van der Waals surface area contributed by atoms with Crippen molar-refractivity contribution in [3.05, 3.63) is 92.3 Å². The number of pyridine rings is 1. The van der Waals surface area contributed by atoms with E-state index in [9.17, 15) is 19.7 Å². The second-order valence-electron chi connectivity index (χ2n) is 7.45. The van der Waals surface area contributed by atoms with Crippen LogP contribution in [-0.2, 0) is 11.2 Å². The average molecular weight is 461 g/mol. The van der Waals surface area contributed by atoms with E-state index in [-0.39, 0.29) is 11.3 Å². The van der Waals surface area contributed by atoms with Gasteiger partial charge in [-0.1, -0.05) is 37.3 Å². The molecule has 0 aliphatic carbocycles. The fourth-order valence-electron chi connectivity index (χ4n) is 3.48. The van der Waals surface area contributed by atoms with E-state index in [0.717, 1.165) is 16.9 Å². The molecule has 0 fully saturated rings. The van der Waals surface area contributed by atoms with Crippen molar-refractivity contribution in [3.8, 4) is 10.6 Å². The lowest BCUT2D eigenvalue weighted by Crippen LogP contribution is -2.15. The number of nitro groups is 1. The van der Waals surface area contributed by atoms with E-state index in [1.807, 2.05) is 31.2 Å². The first kappa shape index (κ1) is 22.3. The number of para-hydroxylation sites is 1. The second kappa shape index (κ2) is 9.30. The minimum atomic E-state index is -0.652. The van der Waals surface area contributed by atoms with E-state index in [4.69, 9.17) is 9.72 Å². The van der Waals surface area contributed by atoms with Crippen LogP contribution in [-0.4, -0.2) is 28.3 Å². The number of benzene rings is 2. The zero-order chi connectivity index (χ0) is 23.5. The van der Waals surface area contributed by atoms with Crippen LogP contribution in [0.1, 0.15) is 38.1 Å². The highest BCUT2D eigenvalue weighted by molar-refractivity contribution is 7.15. The number of ketones is 1. The van der Waals surface area contributed by atoms with Crippen molar-refractivity contribution in [2.45, 2.75) is 20.3 Å². The molecule has 4 rings (SSSR count). The third-order valence-electron chi connectivity index (χ3n) is 5.24. The molecule has 0 spiro atoms. The summed E-state index contributed by atoms with van der Waals surface area (Å²) in [6.45, 7) is 3.48. The van der Waals surface area contributed by atoms with Gasteiger partial charge in [0.2, 0.25) is 5.78 Å². The molecule has 0 saturated heterocycles.